The molecule has 12 heavy (non-hydrogen) atoms. The predicted molar refractivity (Wildman–Crippen MR) is 48.8 cm³/mol. The van der Waals surface area contributed by atoms with Gasteiger partial charge in [0.1, 0.15) is 6.54 Å². The molecule has 1 rings (SSSR count). The zero-order valence-corrected chi connectivity index (χ0v) is 7.67. The van der Waals surface area contributed by atoms with Gasteiger partial charge in [-0.1, -0.05) is 6.92 Å². The van der Waals surface area contributed by atoms with E-state index in [9.17, 15) is 0 Å². The van der Waals surface area contributed by atoms with Crippen molar-refractivity contribution in [3.63, 3.8) is 0 Å². The first-order valence-corrected chi connectivity index (χ1v) is 4.19. The number of rotatable bonds is 2. The van der Waals surface area contributed by atoms with E-state index in [1.807, 2.05) is 19.9 Å². The molecule has 0 saturated heterocycles. The van der Waals surface area contributed by atoms with E-state index < -0.39 is 0 Å². The maximum atomic E-state index is 5.97. The first-order valence-electron chi connectivity index (χ1n) is 4.19. The summed E-state index contributed by atoms with van der Waals surface area (Å²) in [5, 5.41) is 0. The van der Waals surface area contributed by atoms with Crippen LogP contribution in [-0.2, 0) is 0 Å². The van der Waals surface area contributed by atoms with E-state index in [-0.39, 0.29) is 4.59 Å². The third-order valence-electron chi connectivity index (χ3n) is 2.42. The molecule has 1 unspecified atom stereocenters. The molecule has 0 aromatic carbocycles. The molecule has 4 nitrogen and oxygen atoms in total. The van der Waals surface area contributed by atoms with Crippen LogP contribution in [0.3, 0.4) is 0 Å². The van der Waals surface area contributed by atoms with E-state index >= 15 is 0 Å². The van der Waals surface area contributed by atoms with E-state index in [1.165, 1.54) is 0 Å². The Hall–Kier alpha value is -1.00. The first kappa shape index (κ1) is 9.09. The Labute approximate surface area is 72.9 Å². The summed E-state index contributed by atoms with van der Waals surface area (Å²) in [6, 6.07) is 0. The molecule has 0 aromatic rings. The van der Waals surface area contributed by atoms with E-state index in [4.69, 9.17) is 17.3 Å². The van der Waals surface area contributed by atoms with Crippen molar-refractivity contribution < 1.29 is 4.59 Å². The van der Waals surface area contributed by atoms with Crippen LogP contribution in [0.15, 0.2) is 23.3 Å². The Morgan fingerprint density at radius 2 is 1.92 bits per heavy atom. The first-order chi connectivity index (χ1) is 5.56. The highest BCUT2D eigenvalue weighted by atomic mass is 15.6. The van der Waals surface area contributed by atoms with Crippen molar-refractivity contribution in [3.8, 4) is 0 Å². The third kappa shape index (κ3) is 1.00. The second-order valence-corrected chi connectivity index (χ2v) is 3.02. The van der Waals surface area contributed by atoms with E-state index in [0.717, 1.165) is 12.0 Å². The van der Waals surface area contributed by atoms with Crippen LogP contribution in [0, 0.1) is 0 Å². The highest BCUT2D eigenvalue weighted by Gasteiger charge is 2.36. The van der Waals surface area contributed by atoms with Gasteiger partial charge < -0.3 is 11.5 Å². The Bertz CT molecular complexity index is 254. The fourth-order valence-corrected chi connectivity index (χ4v) is 1.40. The van der Waals surface area contributed by atoms with Crippen LogP contribution < -0.4 is 17.3 Å². The van der Waals surface area contributed by atoms with Gasteiger partial charge in [0.25, 0.3) is 0 Å². The number of nitrogens with two attached hydrogens (primary N) is 3. The highest BCUT2D eigenvalue weighted by Crippen LogP contribution is 2.26. The monoisotopic (exact) mass is 169 g/mol. The maximum absolute atomic E-state index is 5.97. The number of allylic oxidation sites excluding steroid dienone is 2. The lowest BCUT2D eigenvalue weighted by atomic mass is 10.2. The van der Waals surface area contributed by atoms with Gasteiger partial charge in [-0.25, -0.2) is 0 Å². The van der Waals surface area contributed by atoms with Crippen molar-refractivity contribution in [2.45, 2.75) is 20.3 Å². The SMILES string of the molecule is CCC1=C(N)[N+](N)(CC)C(N)=C1. The van der Waals surface area contributed by atoms with E-state index in [1.54, 1.807) is 0 Å². The van der Waals surface area contributed by atoms with Crippen LogP contribution in [0.5, 0.6) is 0 Å². The summed E-state index contributed by atoms with van der Waals surface area (Å²) < 4.78 is 0.0865. The topological polar surface area (TPSA) is 78.1 Å². The van der Waals surface area contributed by atoms with Gasteiger partial charge in [0.2, 0.25) is 11.6 Å². The zero-order chi connectivity index (χ0) is 9.35. The summed E-state index contributed by atoms with van der Waals surface area (Å²) in [7, 11) is 0. The van der Waals surface area contributed by atoms with Crippen LogP contribution in [-0.4, -0.2) is 11.1 Å². The molecule has 6 N–H and O–H groups in total. The summed E-state index contributed by atoms with van der Waals surface area (Å²) in [4.78, 5) is 0. The van der Waals surface area contributed by atoms with Crippen LogP contribution in [0.4, 0.5) is 0 Å². The van der Waals surface area contributed by atoms with Gasteiger partial charge in [-0.3, -0.25) is 0 Å². The second-order valence-electron chi connectivity index (χ2n) is 3.02. The molecular formula is C8H17N4+. The van der Waals surface area contributed by atoms with Gasteiger partial charge in [-0.15, -0.1) is 0 Å². The van der Waals surface area contributed by atoms with E-state index in [0.29, 0.717) is 18.2 Å². The smallest absolute Gasteiger partial charge is 0.228 e. The number of hydrogen-bond acceptors (Lipinski definition) is 3. The fraction of sp³-hybridized carbons (Fsp3) is 0.500. The molecule has 0 saturated carbocycles. The molecule has 0 spiro atoms. The minimum absolute atomic E-state index is 0.0865. The van der Waals surface area contributed by atoms with Crippen LogP contribution in [0.1, 0.15) is 20.3 Å². The van der Waals surface area contributed by atoms with Crippen molar-refractivity contribution >= 4 is 0 Å². The molecule has 1 atom stereocenters. The standard InChI is InChI=1S/C8H17N4/c1-3-6-5-7(9)12(11,4-2)8(6)10/h5H,3-4,9-11H2,1-2H3/q+1. The van der Waals surface area contributed by atoms with Crippen LogP contribution >= 0.6 is 0 Å². The predicted octanol–water partition coefficient (Wildman–Crippen LogP) is 0.0908. The summed E-state index contributed by atoms with van der Waals surface area (Å²) in [6.07, 6.45) is 2.75. The summed E-state index contributed by atoms with van der Waals surface area (Å²) in [5.41, 5.74) is 12.7. The van der Waals surface area contributed by atoms with Gasteiger partial charge in [-0.2, -0.15) is 10.4 Å². The van der Waals surface area contributed by atoms with E-state index in [2.05, 4.69) is 0 Å². The lowest BCUT2D eigenvalue weighted by Gasteiger charge is -2.26. The highest BCUT2D eigenvalue weighted by molar-refractivity contribution is 5.27. The molecule has 0 fully saturated rings. The Balaban J connectivity index is 3.08. The van der Waals surface area contributed by atoms with Crippen molar-refractivity contribution in [1.29, 1.82) is 0 Å². The molecule has 1 aliphatic rings. The van der Waals surface area contributed by atoms with Crippen molar-refractivity contribution in [2.24, 2.45) is 17.3 Å². The summed E-state index contributed by atoms with van der Waals surface area (Å²) in [6.45, 7) is 4.70. The van der Waals surface area contributed by atoms with Crippen molar-refractivity contribution in [1.82, 2.24) is 0 Å². The summed E-state index contributed by atoms with van der Waals surface area (Å²) >= 11 is 0. The number of hydrogen-bond donors (Lipinski definition) is 3. The lowest BCUT2D eigenvalue weighted by molar-refractivity contribution is -0.864. The quantitative estimate of drug-likeness (QED) is 0.405. The Morgan fingerprint density at radius 3 is 2.17 bits per heavy atom. The maximum Gasteiger partial charge on any atom is 0.228 e. The summed E-state index contributed by atoms with van der Waals surface area (Å²) in [5.74, 6) is 7.28. The number of nitrogens with zero attached hydrogens (tertiary/aromatic N) is 1. The molecular weight excluding hydrogens is 152 g/mol. The molecule has 0 amide bonds. The molecule has 0 bridgehead atoms. The Morgan fingerprint density at radius 1 is 1.33 bits per heavy atom. The second kappa shape index (κ2) is 2.80. The van der Waals surface area contributed by atoms with Gasteiger partial charge in [0, 0.05) is 11.6 Å². The van der Waals surface area contributed by atoms with Crippen LogP contribution in [0.25, 0.3) is 0 Å². The molecule has 0 aliphatic carbocycles. The molecule has 68 valence electrons. The largest absolute Gasteiger partial charge is 0.353 e. The normalized spacial score (nSPS) is 29.4. The third-order valence-corrected chi connectivity index (χ3v) is 2.42. The van der Waals surface area contributed by atoms with Crippen molar-refractivity contribution in [2.75, 3.05) is 6.54 Å². The fourth-order valence-electron chi connectivity index (χ4n) is 1.40. The molecule has 1 heterocycles. The molecule has 1 aliphatic heterocycles. The van der Waals surface area contributed by atoms with Gasteiger partial charge >= 0.3 is 0 Å². The molecule has 4 heteroatoms. The zero-order valence-electron chi connectivity index (χ0n) is 7.67. The van der Waals surface area contributed by atoms with Gasteiger partial charge in [-0.05, 0) is 13.3 Å². The lowest BCUT2D eigenvalue weighted by Crippen LogP contribution is -2.55. The molecule has 0 radical (unpaired) electrons. The minimum Gasteiger partial charge on any atom is -0.353 e. The Kier molecular flexibility index (Phi) is 2.12. The number of quaternary nitrogens is 1. The molecule has 0 aromatic heterocycles. The average molecular weight is 169 g/mol. The van der Waals surface area contributed by atoms with Gasteiger partial charge in [0.15, 0.2) is 0 Å². The average Bonchev–Trinajstić information content (AvgIpc) is 2.30. The van der Waals surface area contributed by atoms with Crippen LogP contribution in [0.2, 0.25) is 0 Å². The van der Waals surface area contributed by atoms with Crippen molar-refractivity contribution in [3.05, 3.63) is 23.3 Å². The minimum atomic E-state index is 0.0865. The van der Waals surface area contributed by atoms with Gasteiger partial charge in [0.05, 0.1) is 0 Å².